The molecule has 0 aliphatic rings. The number of aliphatic hydroxyl groups is 1. The number of ether oxygens (including phenoxy) is 1. The molecule has 5 heteroatoms. The molecule has 0 aliphatic carbocycles. The summed E-state index contributed by atoms with van der Waals surface area (Å²) in [7, 11) is 1.52. The van der Waals surface area contributed by atoms with Crippen LogP contribution in [-0.2, 0) is 6.54 Å². The lowest BCUT2D eigenvalue weighted by molar-refractivity contribution is 0.0627. The molecule has 0 fully saturated rings. The van der Waals surface area contributed by atoms with Crippen molar-refractivity contribution in [3.8, 4) is 11.5 Å². The van der Waals surface area contributed by atoms with Gasteiger partial charge < -0.3 is 20.3 Å². The Balaban J connectivity index is 2.66. The molecule has 0 heterocycles. The van der Waals surface area contributed by atoms with Crippen LogP contribution in [0.4, 0.5) is 0 Å². The average Bonchev–Trinajstić information content (AvgIpc) is 2.31. The average molecular weight is 332 g/mol. The third kappa shape index (κ3) is 4.67. The molecule has 1 aromatic carbocycles. The van der Waals surface area contributed by atoms with E-state index in [0.717, 1.165) is 10.0 Å². The van der Waals surface area contributed by atoms with Gasteiger partial charge in [-0.3, -0.25) is 0 Å². The van der Waals surface area contributed by atoms with E-state index in [4.69, 9.17) is 4.74 Å². The summed E-state index contributed by atoms with van der Waals surface area (Å²) in [5, 5.41) is 23.1. The minimum atomic E-state index is -0.441. The van der Waals surface area contributed by atoms with Crippen molar-refractivity contribution in [3.05, 3.63) is 22.2 Å². The molecule has 108 valence electrons. The Morgan fingerprint density at radius 3 is 2.53 bits per heavy atom. The number of methoxy groups -OCH3 is 1. The van der Waals surface area contributed by atoms with Gasteiger partial charge in [-0.25, -0.2) is 0 Å². The molecule has 0 spiro atoms. The number of aliphatic hydroxyl groups excluding tert-OH is 1. The van der Waals surface area contributed by atoms with Crippen LogP contribution >= 0.6 is 15.9 Å². The second kappa shape index (κ2) is 6.59. The maximum absolute atomic E-state index is 9.99. The molecule has 0 bridgehead atoms. The zero-order chi connectivity index (χ0) is 14.6. The molecule has 0 saturated heterocycles. The quantitative estimate of drug-likeness (QED) is 0.776. The minimum absolute atomic E-state index is 0.128. The van der Waals surface area contributed by atoms with Crippen LogP contribution in [0.25, 0.3) is 0 Å². The van der Waals surface area contributed by atoms with Gasteiger partial charge in [0.2, 0.25) is 0 Å². The first-order valence-corrected chi connectivity index (χ1v) is 6.99. The number of phenols is 1. The number of rotatable bonds is 5. The number of nitrogens with one attached hydrogen (secondary N) is 1. The molecular weight excluding hydrogens is 310 g/mol. The van der Waals surface area contributed by atoms with E-state index in [1.54, 1.807) is 6.07 Å². The first-order chi connectivity index (χ1) is 8.75. The molecule has 3 N–H and O–H groups in total. The van der Waals surface area contributed by atoms with Gasteiger partial charge >= 0.3 is 0 Å². The van der Waals surface area contributed by atoms with E-state index in [0.29, 0.717) is 18.8 Å². The summed E-state index contributed by atoms with van der Waals surface area (Å²) in [6.45, 7) is 6.89. The van der Waals surface area contributed by atoms with Gasteiger partial charge in [0.15, 0.2) is 11.5 Å². The van der Waals surface area contributed by atoms with Gasteiger partial charge in [-0.1, -0.05) is 36.7 Å². The summed E-state index contributed by atoms with van der Waals surface area (Å²) in [6, 6.07) is 3.54. The summed E-state index contributed by atoms with van der Waals surface area (Å²) in [4.78, 5) is 0. The Bertz CT molecular complexity index is 429. The zero-order valence-corrected chi connectivity index (χ0v) is 13.4. The molecule has 0 amide bonds. The predicted octanol–water partition coefficient (Wildman–Crippen LogP) is 2.66. The van der Waals surface area contributed by atoms with Gasteiger partial charge in [0.1, 0.15) is 0 Å². The largest absolute Gasteiger partial charge is 0.504 e. The maximum Gasteiger partial charge on any atom is 0.162 e. The lowest BCUT2D eigenvalue weighted by Gasteiger charge is -2.26. The molecule has 0 radical (unpaired) electrons. The lowest BCUT2D eigenvalue weighted by atomic mass is 9.89. The van der Waals surface area contributed by atoms with Gasteiger partial charge in [-0.15, -0.1) is 0 Å². The van der Waals surface area contributed by atoms with Crippen molar-refractivity contribution in [2.45, 2.75) is 33.4 Å². The first-order valence-electron chi connectivity index (χ1n) is 6.20. The van der Waals surface area contributed by atoms with Crippen molar-refractivity contribution in [3.63, 3.8) is 0 Å². The van der Waals surface area contributed by atoms with Crippen molar-refractivity contribution in [1.29, 1.82) is 0 Å². The van der Waals surface area contributed by atoms with Crippen LogP contribution in [0.2, 0.25) is 0 Å². The van der Waals surface area contributed by atoms with Crippen molar-refractivity contribution < 1.29 is 14.9 Å². The van der Waals surface area contributed by atoms with Crippen molar-refractivity contribution in [2.75, 3.05) is 13.7 Å². The standard InChI is InChI=1S/C14H22BrNO3/c1-14(2,3)12(17)8-16-7-9-5-10(15)6-11(19-4)13(9)18/h5-6,12,16-18H,7-8H2,1-4H3. The fraction of sp³-hybridized carbons (Fsp3) is 0.571. The van der Waals surface area contributed by atoms with Gasteiger partial charge in [-0.2, -0.15) is 0 Å². The van der Waals surface area contributed by atoms with E-state index in [-0.39, 0.29) is 11.2 Å². The van der Waals surface area contributed by atoms with E-state index in [9.17, 15) is 10.2 Å². The Kier molecular flexibility index (Phi) is 5.64. The highest BCUT2D eigenvalue weighted by Crippen LogP contribution is 2.33. The van der Waals surface area contributed by atoms with Gasteiger partial charge in [-0.05, 0) is 17.5 Å². The minimum Gasteiger partial charge on any atom is -0.504 e. The van der Waals surface area contributed by atoms with Crippen LogP contribution in [0.15, 0.2) is 16.6 Å². The van der Waals surface area contributed by atoms with Gasteiger partial charge in [0.25, 0.3) is 0 Å². The fourth-order valence-corrected chi connectivity index (χ4v) is 2.05. The number of phenolic OH excluding ortho intramolecular Hbond substituents is 1. The number of hydrogen-bond donors (Lipinski definition) is 3. The van der Waals surface area contributed by atoms with Crippen molar-refractivity contribution >= 4 is 15.9 Å². The topological polar surface area (TPSA) is 61.7 Å². The first kappa shape index (κ1) is 16.3. The van der Waals surface area contributed by atoms with Gasteiger partial charge in [0.05, 0.1) is 13.2 Å². The number of aromatic hydroxyl groups is 1. The predicted molar refractivity (Wildman–Crippen MR) is 79.5 cm³/mol. The Hall–Kier alpha value is -0.780. The molecule has 0 saturated carbocycles. The molecular formula is C14H22BrNO3. The molecule has 1 aromatic rings. The van der Waals surface area contributed by atoms with Gasteiger partial charge in [0, 0.05) is 23.1 Å². The van der Waals surface area contributed by atoms with Crippen LogP contribution in [-0.4, -0.2) is 30.0 Å². The summed E-state index contributed by atoms with van der Waals surface area (Å²) < 4.78 is 5.93. The van der Waals surface area contributed by atoms with E-state index >= 15 is 0 Å². The molecule has 1 atom stereocenters. The van der Waals surface area contributed by atoms with Crippen LogP contribution in [0.5, 0.6) is 11.5 Å². The number of hydrogen-bond acceptors (Lipinski definition) is 4. The maximum atomic E-state index is 9.99. The zero-order valence-electron chi connectivity index (χ0n) is 11.8. The lowest BCUT2D eigenvalue weighted by Crippen LogP contribution is -2.36. The Morgan fingerprint density at radius 2 is 2.00 bits per heavy atom. The second-order valence-corrected chi connectivity index (χ2v) is 6.54. The monoisotopic (exact) mass is 331 g/mol. The molecule has 1 unspecified atom stereocenters. The molecule has 4 nitrogen and oxygen atoms in total. The molecule has 19 heavy (non-hydrogen) atoms. The summed E-state index contributed by atoms with van der Waals surface area (Å²) >= 11 is 3.37. The fourth-order valence-electron chi connectivity index (χ4n) is 1.57. The van der Waals surface area contributed by atoms with Crippen LogP contribution < -0.4 is 10.1 Å². The molecule has 0 aliphatic heterocycles. The summed E-state index contributed by atoms with van der Waals surface area (Å²) in [5.74, 6) is 0.561. The summed E-state index contributed by atoms with van der Waals surface area (Å²) in [6.07, 6.45) is -0.441. The highest BCUT2D eigenvalue weighted by Gasteiger charge is 2.21. The number of halogens is 1. The van der Waals surface area contributed by atoms with Crippen molar-refractivity contribution in [1.82, 2.24) is 5.32 Å². The second-order valence-electron chi connectivity index (χ2n) is 5.63. The molecule has 0 aromatic heterocycles. The third-order valence-corrected chi connectivity index (χ3v) is 3.45. The SMILES string of the molecule is COc1cc(Br)cc(CNCC(O)C(C)(C)C)c1O. The third-order valence-electron chi connectivity index (χ3n) is 2.99. The van der Waals surface area contributed by atoms with E-state index in [1.807, 2.05) is 26.8 Å². The van der Waals surface area contributed by atoms with E-state index in [2.05, 4.69) is 21.2 Å². The summed E-state index contributed by atoms with van der Waals surface area (Å²) in [5.41, 5.74) is 0.566. The van der Waals surface area contributed by atoms with E-state index < -0.39 is 6.10 Å². The van der Waals surface area contributed by atoms with Crippen molar-refractivity contribution in [2.24, 2.45) is 5.41 Å². The van der Waals surface area contributed by atoms with Crippen LogP contribution in [0.1, 0.15) is 26.3 Å². The van der Waals surface area contributed by atoms with Crippen LogP contribution in [0.3, 0.4) is 0 Å². The number of benzene rings is 1. The van der Waals surface area contributed by atoms with E-state index in [1.165, 1.54) is 7.11 Å². The van der Waals surface area contributed by atoms with Crippen LogP contribution in [0, 0.1) is 5.41 Å². The molecule has 1 rings (SSSR count). The Labute approximate surface area is 122 Å². The smallest absolute Gasteiger partial charge is 0.162 e. The highest BCUT2D eigenvalue weighted by molar-refractivity contribution is 9.10. The Morgan fingerprint density at radius 1 is 1.37 bits per heavy atom. The highest BCUT2D eigenvalue weighted by atomic mass is 79.9. The normalized spacial score (nSPS) is 13.4.